The van der Waals surface area contributed by atoms with Gasteiger partial charge in [0.1, 0.15) is 12.2 Å². The summed E-state index contributed by atoms with van der Waals surface area (Å²) in [7, 11) is 0. The fourth-order valence-corrected chi connectivity index (χ4v) is 4.94. The minimum atomic E-state index is -0.799. The van der Waals surface area contributed by atoms with Crippen molar-refractivity contribution in [3.05, 3.63) is 77.9 Å². The molecule has 3 aromatic carbocycles. The molecule has 1 aliphatic rings. The molecular formula is C29H25ClN4O5. The number of H-pyrrole nitrogens is 1. The van der Waals surface area contributed by atoms with E-state index in [1.165, 1.54) is 12.3 Å². The van der Waals surface area contributed by atoms with Gasteiger partial charge in [-0.05, 0) is 28.8 Å². The summed E-state index contributed by atoms with van der Waals surface area (Å²) in [5, 5.41) is 29.5. The first-order chi connectivity index (χ1) is 19.0. The lowest BCUT2D eigenvalue weighted by atomic mass is 9.99. The summed E-state index contributed by atoms with van der Waals surface area (Å²) in [6.07, 6.45) is 0.0909. The van der Waals surface area contributed by atoms with Crippen molar-refractivity contribution < 1.29 is 24.8 Å². The Balaban J connectivity index is 1.19. The van der Waals surface area contributed by atoms with Gasteiger partial charge in [0.2, 0.25) is 5.88 Å². The van der Waals surface area contributed by atoms with Crippen LogP contribution in [-0.2, 0) is 4.74 Å². The molecule has 10 heteroatoms. The predicted molar refractivity (Wildman–Crippen MR) is 147 cm³/mol. The van der Waals surface area contributed by atoms with Gasteiger partial charge in [-0.25, -0.2) is 4.98 Å². The maximum atomic E-state index is 10.1. The molecular weight excluding hydrogens is 520 g/mol. The van der Waals surface area contributed by atoms with Gasteiger partial charge in [0, 0.05) is 29.8 Å². The molecule has 2 aromatic heterocycles. The molecule has 39 heavy (non-hydrogen) atoms. The number of imidazole rings is 1. The number of hydrogen-bond donors (Lipinski definition) is 4. The van der Waals surface area contributed by atoms with Crippen LogP contribution in [0.2, 0.25) is 5.02 Å². The van der Waals surface area contributed by atoms with Crippen molar-refractivity contribution in [1.29, 1.82) is 0 Å². The van der Waals surface area contributed by atoms with Crippen molar-refractivity contribution in [3.63, 3.8) is 0 Å². The van der Waals surface area contributed by atoms with Crippen molar-refractivity contribution in [2.24, 2.45) is 0 Å². The van der Waals surface area contributed by atoms with Crippen LogP contribution >= 0.6 is 11.6 Å². The van der Waals surface area contributed by atoms with Crippen molar-refractivity contribution in [1.82, 2.24) is 19.9 Å². The topological polar surface area (TPSA) is 134 Å². The first kappa shape index (κ1) is 25.3. The molecule has 0 unspecified atom stereocenters. The summed E-state index contributed by atoms with van der Waals surface area (Å²) in [6, 6.07) is 21.4. The average Bonchev–Trinajstić information content (AvgIpc) is 3.34. The molecule has 0 bridgehead atoms. The zero-order valence-corrected chi connectivity index (χ0v) is 21.4. The Hall–Kier alpha value is -4.02. The minimum Gasteiger partial charge on any atom is -0.493 e. The number of fused-ring (bicyclic) bond motifs is 1. The molecule has 0 saturated carbocycles. The van der Waals surface area contributed by atoms with E-state index in [2.05, 4.69) is 19.9 Å². The number of rotatable bonds is 6. The smallest absolute Gasteiger partial charge is 0.294 e. The maximum Gasteiger partial charge on any atom is 0.294 e. The molecule has 5 aromatic rings. The van der Waals surface area contributed by atoms with Crippen LogP contribution < -0.4 is 4.74 Å². The number of ether oxygens (including phenoxy) is 2. The number of benzene rings is 3. The molecule has 1 aliphatic heterocycles. The van der Waals surface area contributed by atoms with Gasteiger partial charge in [0.05, 0.1) is 35.4 Å². The normalized spacial score (nSPS) is 19.3. The zero-order valence-electron chi connectivity index (χ0n) is 20.7. The molecule has 3 atom stereocenters. The van der Waals surface area contributed by atoms with Crippen LogP contribution in [0.4, 0.5) is 0 Å². The van der Waals surface area contributed by atoms with Crippen LogP contribution in [0.5, 0.6) is 11.9 Å². The number of aliphatic hydroxyl groups is 2. The van der Waals surface area contributed by atoms with E-state index in [0.717, 1.165) is 33.3 Å². The molecule has 0 spiro atoms. The Morgan fingerprint density at radius 1 is 0.949 bits per heavy atom. The lowest BCUT2D eigenvalue weighted by Gasteiger charge is -2.31. The molecule has 9 nitrogen and oxygen atoms in total. The van der Waals surface area contributed by atoms with Crippen molar-refractivity contribution >= 4 is 22.6 Å². The van der Waals surface area contributed by atoms with Gasteiger partial charge < -0.3 is 29.8 Å². The van der Waals surface area contributed by atoms with Crippen molar-refractivity contribution in [2.75, 3.05) is 13.2 Å². The summed E-state index contributed by atoms with van der Waals surface area (Å²) in [5.41, 5.74) is 6.10. The fraction of sp³-hybridized carbons (Fsp3) is 0.207. The maximum absolute atomic E-state index is 10.1. The number of aliphatic hydroxyl groups excluding tert-OH is 2. The summed E-state index contributed by atoms with van der Waals surface area (Å²) in [4.78, 5) is 15.9. The Morgan fingerprint density at radius 2 is 1.64 bits per heavy atom. The Labute approximate surface area is 228 Å². The largest absolute Gasteiger partial charge is 0.493 e. The summed E-state index contributed by atoms with van der Waals surface area (Å²) < 4.78 is 11.4. The monoisotopic (exact) mass is 544 g/mol. The third kappa shape index (κ3) is 5.30. The average molecular weight is 545 g/mol. The van der Waals surface area contributed by atoms with Gasteiger partial charge in [-0.15, -0.1) is 0 Å². The van der Waals surface area contributed by atoms with Crippen molar-refractivity contribution in [3.8, 4) is 45.5 Å². The SMILES string of the molecule is OC[C@H]1OC[C@H](Oc2nc3cc(-c4ccc(-c5ccc(-c6nccc(O)n6)cc5)cc4)c(Cl)cc3[nH]2)C[C@@H]1O. The fourth-order valence-electron chi connectivity index (χ4n) is 4.67. The van der Waals surface area contributed by atoms with E-state index in [9.17, 15) is 15.3 Å². The summed E-state index contributed by atoms with van der Waals surface area (Å²) in [5.74, 6) is 0.402. The van der Waals surface area contributed by atoms with Gasteiger partial charge in [-0.1, -0.05) is 60.1 Å². The van der Waals surface area contributed by atoms with E-state index in [1.807, 2.05) is 60.7 Å². The second-order valence-electron chi connectivity index (χ2n) is 9.38. The van der Waals surface area contributed by atoms with E-state index in [-0.39, 0.29) is 25.2 Å². The number of hydrogen-bond acceptors (Lipinski definition) is 8. The van der Waals surface area contributed by atoms with E-state index >= 15 is 0 Å². The summed E-state index contributed by atoms with van der Waals surface area (Å²) in [6.45, 7) is 0.0207. The standard InChI is InChI=1S/C29H25ClN4O5/c30-22-13-24-23(32-29(33-24)39-20-11-25(36)26(14-35)38-15-20)12-21(22)18-5-1-16(2-6-18)17-3-7-19(8-4-17)28-31-10-9-27(37)34-28/h1-10,12-13,20,25-26,35-36H,11,14-15H2,(H,32,33)(H,31,34,37)/t20-,25+,26-/m1/s1. The lowest BCUT2D eigenvalue weighted by Crippen LogP contribution is -2.45. The van der Waals surface area contributed by atoms with Gasteiger partial charge in [-0.2, -0.15) is 9.97 Å². The molecule has 0 amide bonds. The number of aromatic nitrogens is 4. The molecule has 198 valence electrons. The molecule has 0 aliphatic carbocycles. The van der Waals surface area contributed by atoms with Crippen LogP contribution in [0.15, 0.2) is 72.9 Å². The molecule has 0 radical (unpaired) electrons. The predicted octanol–water partition coefficient (Wildman–Crippen LogP) is 4.60. The van der Waals surface area contributed by atoms with Crippen molar-refractivity contribution in [2.45, 2.75) is 24.7 Å². The zero-order chi connectivity index (χ0) is 26.9. The van der Waals surface area contributed by atoms with Crippen LogP contribution in [0.1, 0.15) is 6.42 Å². The second-order valence-corrected chi connectivity index (χ2v) is 9.79. The highest BCUT2D eigenvalue weighted by Gasteiger charge is 2.31. The lowest BCUT2D eigenvalue weighted by molar-refractivity contribution is -0.131. The Kier molecular flexibility index (Phi) is 6.88. The van der Waals surface area contributed by atoms with Crippen LogP contribution in [0.3, 0.4) is 0 Å². The molecule has 6 rings (SSSR count). The number of nitrogens with zero attached hydrogens (tertiary/aromatic N) is 3. The molecule has 3 heterocycles. The Bertz CT molecular complexity index is 1610. The van der Waals surface area contributed by atoms with Gasteiger partial charge in [0.15, 0.2) is 5.82 Å². The highest BCUT2D eigenvalue weighted by molar-refractivity contribution is 6.34. The number of aromatic amines is 1. The van der Waals surface area contributed by atoms with E-state index in [4.69, 9.17) is 21.1 Å². The first-order valence-corrected chi connectivity index (χ1v) is 12.8. The Morgan fingerprint density at radius 3 is 2.31 bits per heavy atom. The minimum absolute atomic E-state index is 0.0642. The third-order valence-electron chi connectivity index (χ3n) is 6.75. The van der Waals surface area contributed by atoms with Crippen LogP contribution in [-0.4, -0.2) is 66.8 Å². The van der Waals surface area contributed by atoms with Crippen LogP contribution in [0.25, 0.3) is 44.7 Å². The van der Waals surface area contributed by atoms with Gasteiger partial charge >= 0.3 is 0 Å². The second kappa shape index (κ2) is 10.6. The van der Waals surface area contributed by atoms with Crippen LogP contribution in [0, 0.1) is 0 Å². The molecule has 1 saturated heterocycles. The third-order valence-corrected chi connectivity index (χ3v) is 7.06. The van der Waals surface area contributed by atoms with Gasteiger partial charge in [-0.3, -0.25) is 0 Å². The van der Waals surface area contributed by atoms with Gasteiger partial charge in [0.25, 0.3) is 6.01 Å². The quantitative estimate of drug-likeness (QED) is 0.244. The van der Waals surface area contributed by atoms with E-state index in [1.54, 1.807) is 0 Å². The highest BCUT2D eigenvalue weighted by Crippen LogP contribution is 2.34. The summed E-state index contributed by atoms with van der Waals surface area (Å²) >= 11 is 6.64. The van der Waals surface area contributed by atoms with E-state index in [0.29, 0.717) is 28.8 Å². The number of nitrogens with one attached hydrogen (secondary N) is 1. The molecule has 4 N–H and O–H groups in total. The number of halogens is 1. The highest BCUT2D eigenvalue weighted by atomic mass is 35.5. The van der Waals surface area contributed by atoms with E-state index < -0.39 is 12.2 Å². The molecule has 1 fully saturated rings. The first-order valence-electron chi connectivity index (χ1n) is 12.5. The number of aromatic hydroxyl groups is 1.